The average Bonchev–Trinajstić information content (AvgIpc) is 2.36. The highest BCUT2D eigenvalue weighted by molar-refractivity contribution is 5.63. The lowest BCUT2D eigenvalue weighted by Crippen LogP contribution is -2.24. The van der Waals surface area contributed by atoms with E-state index < -0.39 is 5.60 Å². The molecule has 0 fully saturated rings. The van der Waals surface area contributed by atoms with Crippen LogP contribution < -0.4 is 15.8 Å². The lowest BCUT2D eigenvalue weighted by molar-refractivity contribution is 0.125. The van der Waals surface area contributed by atoms with E-state index in [1.165, 1.54) is 12.1 Å². The van der Waals surface area contributed by atoms with Crippen molar-refractivity contribution in [1.29, 1.82) is 0 Å². The first-order chi connectivity index (χ1) is 9.74. The van der Waals surface area contributed by atoms with Gasteiger partial charge in [0, 0.05) is 5.69 Å². The number of aromatic nitrogens is 1. The third-order valence-electron chi connectivity index (χ3n) is 2.75. The molecule has 0 amide bonds. The van der Waals surface area contributed by atoms with Crippen LogP contribution in [0.25, 0.3) is 0 Å². The van der Waals surface area contributed by atoms with E-state index in [1.807, 2.05) is 27.7 Å². The first kappa shape index (κ1) is 15.1. The smallest absolute Gasteiger partial charge is 0.239 e. The summed E-state index contributed by atoms with van der Waals surface area (Å²) in [6.07, 6.45) is 0. The number of ether oxygens (including phenoxy) is 1. The van der Waals surface area contributed by atoms with Crippen molar-refractivity contribution in [2.24, 2.45) is 0 Å². The zero-order valence-electron chi connectivity index (χ0n) is 12.7. The molecule has 112 valence electrons. The van der Waals surface area contributed by atoms with Crippen molar-refractivity contribution in [2.75, 3.05) is 11.1 Å². The molecule has 0 saturated carbocycles. The SMILES string of the molecule is Cc1ccc(F)cc1Nc1ccc(N)c(OC(C)(C)C)n1. The lowest BCUT2D eigenvalue weighted by Gasteiger charge is -2.22. The van der Waals surface area contributed by atoms with Crippen molar-refractivity contribution in [3.63, 3.8) is 0 Å². The Balaban J connectivity index is 2.29. The lowest BCUT2D eigenvalue weighted by atomic mass is 10.2. The van der Waals surface area contributed by atoms with Gasteiger partial charge in [0.25, 0.3) is 0 Å². The predicted molar refractivity (Wildman–Crippen MR) is 83.5 cm³/mol. The highest BCUT2D eigenvalue weighted by Crippen LogP contribution is 2.27. The van der Waals surface area contributed by atoms with E-state index in [0.29, 0.717) is 23.1 Å². The average molecular weight is 289 g/mol. The summed E-state index contributed by atoms with van der Waals surface area (Å²) in [5.74, 6) is 0.614. The molecular formula is C16H20FN3O. The van der Waals surface area contributed by atoms with Gasteiger partial charge >= 0.3 is 0 Å². The van der Waals surface area contributed by atoms with Crippen LogP contribution in [0.15, 0.2) is 30.3 Å². The molecule has 0 aliphatic rings. The maximum absolute atomic E-state index is 13.3. The van der Waals surface area contributed by atoms with Crippen LogP contribution in [-0.4, -0.2) is 10.6 Å². The number of anilines is 3. The van der Waals surface area contributed by atoms with Crippen molar-refractivity contribution >= 4 is 17.2 Å². The first-order valence-corrected chi connectivity index (χ1v) is 6.73. The Morgan fingerprint density at radius 3 is 2.57 bits per heavy atom. The largest absolute Gasteiger partial charge is 0.470 e. The van der Waals surface area contributed by atoms with Crippen LogP contribution in [0.3, 0.4) is 0 Å². The Hall–Kier alpha value is -2.30. The molecule has 0 saturated heterocycles. The monoisotopic (exact) mass is 289 g/mol. The molecule has 0 spiro atoms. The van der Waals surface area contributed by atoms with Gasteiger partial charge in [0.2, 0.25) is 5.88 Å². The number of hydrogen-bond donors (Lipinski definition) is 2. The molecule has 2 rings (SSSR count). The minimum Gasteiger partial charge on any atom is -0.470 e. The summed E-state index contributed by atoms with van der Waals surface area (Å²) in [5, 5.41) is 3.08. The number of nitrogens with one attached hydrogen (secondary N) is 1. The van der Waals surface area contributed by atoms with Gasteiger partial charge in [-0.25, -0.2) is 4.39 Å². The van der Waals surface area contributed by atoms with Crippen molar-refractivity contribution in [3.8, 4) is 5.88 Å². The second-order valence-corrected chi connectivity index (χ2v) is 5.89. The van der Waals surface area contributed by atoms with Crippen LogP contribution in [0.1, 0.15) is 26.3 Å². The topological polar surface area (TPSA) is 60.2 Å². The fraction of sp³-hybridized carbons (Fsp3) is 0.312. The summed E-state index contributed by atoms with van der Waals surface area (Å²) in [7, 11) is 0. The van der Waals surface area contributed by atoms with Crippen LogP contribution in [0, 0.1) is 12.7 Å². The van der Waals surface area contributed by atoms with Gasteiger partial charge in [-0.3, -0.25) is 0 Å². The normalized spacial score (nSPS) is 11.3. The first-order valence-electron chi connectivity index (χ1n) is 6.73. The highest BCUT2D eigenvalue weighted by atomic mass is 19.1. The minimum atomic E-state index is -0.394. The summed E-state index contributed by atoms with van der Waals surface area (Å²) in [6, 6.07) is 8.00. The van der Waals surface area contributed by atoms with Gasteiger partial charge < -0.3 is 15.8 Å². The van der Waals surface area contributed by atoms with E-state index in [4.69, 9.17) is 10.5 Å². The molecule has 2 aromatic rings. The van der Waals surface area contributed by atoms with Crippen molar-refractivity contribution in [1.82, 2.24) is 4.98 Å². The molecule has 0 atom stereocenters. The van der Waals surface area contributed by atoms with E-state index in [9.17, 15) is 4.39 Å². The predicted octanol–water partition coefficient (Wildman–Crippen LogP) is 4.03. The van der Waals surface area contributed by atoms with Gasteiger partial charge in [0.05, 0.1) is 5.69 Å². The molecule has 5 heteroatoms. The molecule has 3 N–H and O–H groups in total. The zero-order valence-corrected chi connectivity index (χ0v) is 12.7. The van der Waals surface area contributed by atoms with Gasteiger partial charge in [-0.2, -0.15) is 4.98 Å². The van der Waals surface area contributed by atoms with Gasteiger partial charge in [0.15, 0.2) is 0 Å². The van der Waals surface area contributed by atoms with Crippen LogP contribution in [0.4, 0.5) is 21.6 Å². The fourth-order valence-corrected chi connectivity index (χ4v) is 1.76. The van der Waals surface area contributed by atoms with Gasteiger partial charge in [0.1, 0.15) is 17.2 Å². The molecule has 1 aromatic carbocycles. The quantitative estimate of drug-likeness (QED) is 0.895. The van der Waals surface area contributed by atoms with Gasteiger partial charge in [-0.15, -0.1) is 0 Å². The molecule has 4 nitrogen and oxygen atoms in total. The third kappa shape index (κ3) is 4.08. The number of hydrogen-bond acceptors (Lipinski definition) is 4. The number of aryl methyl sites for hydroxylation is 1. The van der Waals surface area contributed by atoms with Crippen LogP contribution >= 0.6 is 0 Å². The van der Waals surface area contributed by atoms with Gasteiger partial charge in [-0.05, 0) is 57.5 Å². The maximum Gasteiger partial charge on any atom is 0.239 e. The number of halogens is 1. The molecule has 1 heterocycles. The summed E-state index contributed by atoms with van der Waals surface area (Å²) in [6.45, 7) is 7.66. The number of nitrogens with two attached hydrogens (primary N) is 1. The molecule has 21 heavy (non-hydrogen) atoms. The second-order valence-electron chi connectivity index (χ2n) is 5.89. The van der Waals surface area contributed by atoms with E-state index in [1.54, 1.807) is 18.2 Å². The number of pyridine rings is 1. The second kappa shape index (κ2) is 5.60. The highest BCUT2D eigenvalue weighted by Gasteiger charge is 2.15. The Kier molecular flexibility index (Phi) is 4.02. The summed E-state index contributed by atoms with van der Waals surface area (Å²) in [4.78, 5) is 4.34. The van der Waals surface area contributed by atoms with Crippen molar-refractivity contribution in [2.45, 2.75) is 33.3 Å². The molecule has 0 radical (unpaired) electrons. The van der Waals surface area contributed by atoms with Crippen LogP contribution in [-0.2, 0) is 0 Å². The Morgan fingerprint density at radius 1 is 1.19 bits per heavy atom. The molecule has 0 aliphatic carbocycles. The maximum atomic E-state index is 13.3. The Bertz CT molecular complexity index is 650. The van der Waals surface area contributed by atoms with Crippen LogP contribution in [0.5, 0.6) is 5.88 Å². The van der Waals surface area contributed by atoms with Crippen molar-refractivity contribution in [3.05, 3.63) is 41.7 Å². The van der Waals surface area contributed by atoms with Crippen LogP contribution in [0.2, 0.25) is 0 Å². The molecule has 0 unspecified atom stereocenters. The number of nitrogen functional groups attached to an aromatic ring is 1. The molecule has 0 aliphatic heterocycles. The zero-order chi connectivity index (χ0) is 15.6. The fourth-order valence-electron chi connectivity index (χ4n) is 1.76. The molecule has 0 bridgehead atoms. The summed E-state index contributed by atoms with van der Waals surface area (Å²) >= 11 is 0. The standard InChI is InChI=1S/C16H20FN3O/c1-10-5-6-11(17)9-13(10)19-14-8-7-12(18)15(20-14)21-16(2,3)4/h5-9H,18H2,1-4H3,(H,19,20). The number of nitrogens with zero attached hydrogens (tertiary/aromatic N) is 1. The number of rotatable bonds is 3. The third-order valence-corrected chi connectivity index (χ3v) is 2.75. The Morgan fingerprint density at radius 2 is 1.90 bits per heavy atom. The van der Waals surface area contributed by atoms with E-state index in [2.05, 4.69) is 10.3 Å². The number of benzene rings is 1. The van der Waals surface area contributed by atoms with Crippen molar-refractivity contribution < 1.29 is 9.13 Å². The molecular weight excluding hydrogens is 269 g/mol. The summed E-state index contributed by atoms with van der Waals surface area (Å²) < 4.78 is 19.0. The summed E-state index contributed by atoms with van der Waals surface area (Å²) in [5.41, 5.74) is 7.52. The van der Waals surface area contributed by atoms with E-state index in [0.717, 1.165) is 5.56 Å². The van der Waals surface area contributed by atoms with Gasteiger partial charge in [-0.1, -0.05) is 6.07 Å². The molecule has 1 aromatic heterocycles. The Labute approximate surface area is 124 Å². The van der Waals surface area contributed by atoms with E-state index in [-0.39, 0.29) is 5.82 Å². The van der Waals surface area contributed by atoms with E-state index >= 15 is 0 Å². The minimum absolute atomic E-state index is 0.301.